The van der Waals surface area contributed by atoms with E-state index in [0.29, 0.717) is 6.54 Å². The van der Waals surface area contributed by atoms with Crippen molar-refractivity contribution in [2.75, 3.05) is 19.3 Å². The quantitative estimate of drug-likeness (QED) is 0.513. The number of hydrogen-bond acceptors (Lipinski definition) is 5. The van der Waals surface area contributed by atoms with Gasteiger partial charge in [0.2, 0.25) is 21.8 Å². The van der Waals surface area contributed by atoms with E-state index in [9.17, 15) is 18.0 Å². The molecule has 0 aromatic rings. The van der Waals surface area contributed by atoms with E-state index in [1.54, 1.807) is 0 Å². The van der Waals surface area contributed by atoms with Gasteiger partial charge in [0.1, 0.15) is 0 Å². The summed E-state index contributed by atoms with van der Waals surface area (Å²) in [6.45, 7) is 0.537. The van der Waals surface area contributed by atoms with Crippen molar-refractivity contribution in [3.63, 3.8) is 0 Å². The third-order valence-corrected chi connectivity index (χ3v) is 4.73. The fourth-order valence-electron chi connectivity index (χ4n) is 3.02. The molecule has 0 aromatic heterocycles. The van der Waals surface area contributed by atoms with Gasteiger partial charge in [0, 0.05) is 19.1 Å². The number of amides is 2. The molecule has 2 fully saturated rings. The lowest BCUT2D eigenvalue weighted by molar-refractivity contribution is -0.142. The molecule has 1 saturated carbocycles. The largest absolute Gasteiger partial charge is 0.304 e. The van der Waals surface area contributed by atoms with Crippen LogP contribution in [0.1, 0.15) is 38.5 Å². The van der Waals surface area contributed by atoms with Crippen LogP contribution in [0.4, 0.5) is 0 Å². The van der Waals surface area contributed by atoms with Crippen LogP contribution in [-0.2, 0) is 19.6 Å². The van der Waals surface area contributed by atoms with Crippen molar-refractivity contribution >= 4 is 21.8 Å². The monoisotopic (exact) mass is 317 g/mol. The van der Waals surface area contributed by atoms with E-state index in [0.717, 1.165) is 31.9 Å². The Hall–Kier alpha value is -0.990. The zero-order valence-corrected chi connectivity index (χ0v) is 13.1. The first-order valence-corrected chi connectivity index (χ1v) is 9.31. The molecule has 1 unspecified atom stereocenters. The lowest BCUT2D eigenvalue weighted by Gasteiger charge is -2.29. The Kier molecular flexibility index (Phi) is 5.34. The Labute approximate surface area is 125 Å². The molecule has 2 aliphatic rings. The summed E-state index contributed by atoms with van der Waals surface area (Å²) in [6.07, 6.45) is 6.37. The minimum absolute atomic E-state index is 0.0553. The molecule has 21 heavy (non-hydrogen) atoms. The Morgan fingerprint density at radius 1 is 1.14 bits per heavy atom. The highest BCUT2D eigenvalue weighted by molar-refractivity contribution is 7.88. The number of carbonyl (C=O) groups is 2. The van der Waals surface area contributed by atoms with Gasteiger partial charge in [-0.05, 0) is 12.8 Å². The minimum Gasteiger partial charge on any atom is -0.304 e. The van der Waals surface area contributed by atoms with Crippen LogP contribution in [0, 0.1) is 0 Å². The summed E-state index contributed by atoms with van der Waals surface area (Å²) < 4.78 is 24.2. The lowest BCUT2D eigenvalue weighted by Crippen LogP contribution is -2.45. The van der Waals surface area contributed by atoms with Crippen molar-refractivity contribution in [2.24, 2.45) is 0 Å². The first-order chi connectivity index (χ1) is 9.88. The molecule has 0 aromatic carbocycles. The van der Waals surface area contributed by atoms with Crippen molar-refractivity contribution in [3.05, 3.63) is 0 Å². The number of nitrogens with one attached hydrogen (secondary N) is 2. The van der Waals surface area contributed by atoms with Gasteiger partial charge in [0.25, 0.3) is 0 Å². The molecule has 7 nitrogen and oxygen atoms in total. The van der Waals surface area contributed by atoms with E-state index in [-0.39, 0.29) is 30.8 Å². The van der Waals surface area contributed by atoms with Gasteiger partial charge in [-0.25, -0.2) is 13.1 Å². The van der Waals surface area contributed by atoms with E-state index in [1.807, 2.05) is 0 Å². The molecule has 0 radical (unpaired) electrons. The van der Waals surface area contributed by atoms with Crippen LogP contribution in [-0.4, -0.2) is 56.6 Å². The number of sulfonamides is 1. The maximum absolute atomic E-state index is 12.3. The molecular weight excluding hydrogens is 294 g/mol. The third-order valence-electron chi connectivity index (χ3n) is 4.00. The standard InChI is InChI=1S/C13H23N3O4S/c1-21(19,20)15-8-7-14-11-9-12(17)16(13(11)18)10-5-3-2-4-6-10/h10-11,14-15H,2-9H2,1H3. The van der Waals surface area contributed by atoms with E-state index in [1.165, 1.54) is 11.3 Å². The normalized spacial score (nSPS) is 24.8. The van der Waals surface area contributed by atoms with E-state index in [2.05, 4.69) is 10.0 Å². The summed E-state index contributed by atoms with van der Waals surface area (Å²) in [6, 6.07) is -0.458. The number of hydrogen-bond donors (Lipinski definition) is 2. The topological polar surface area (TPSA) is 95.6 Å². The van der Waals surface area contributed by atoms with Crippen molar-refractivity contribution in [3.8, 4) is 0 Å². The molecule has 120 valence electrons. The fraction of sp³-hybridized carbons (Fsp3) is 0.846. The molecule has 1 saturated heterocycles. The van der Waals surface area contributed by atoms with Gasteiger partial charge >= 0.3 is 0 Å². The van der Waals surface area contributed by atoms with Crippen LogP contribution in [0.25, 0.3) is 0 Å². The van der Waals surface area contributed by atoms with Crippen molar-refractivity contribution < 1.29 is 18.0 Å². The molecule has 1 aliphatic heterocycles. The van der Waals surface area contributed by atoms with Crippen LogP contribution in [0.2, 0.25) is 0 Å². The van der Waals surface area contributed by atoms with Gasteiger partial charge in [-0.1, -0.05) is 19.3 Å². The molecule has 2 N–H and O–H groups in total. The van der Waals surface area contributed by atoms with Crippen molar-refractivity contribution in [2.45, 2.75) is 50.6 Å². The highest BCUT2D eigenvalue weighted by Gasteiger charge is 2.42. The lowest BCUT2D eigenvalue weighted by atomic mass is 9.94. The first-order valence-electron chi connectivity index (χ1n) is 7.42. The highest BCUT2D eigenvalue weighted by Crippen LogP contribution is 2.27. The van der Waals surface area contributed by atoms with E-state index < -0.39 is 16.1 Å². The Morgan fingerprint density at radius 3 is 2.43 bits per heavy atom. The van der Waals surface area contributed by atoms with Gasteiger partial charge in [0.05, 0.1) is 18.7 Å². The maximum Gasteiger partial charge on any atom is 0.247 e. The van der Waals surface area contributed by atoms with Crippen LogP contribution in [0.3, 0.4) is 0 Å². The van der Waals surface area contributed by atoms with E-state index >= 15 is 0 Å². The van der Waals surface area contributed by atoms with Crippen LogP contribution >= 0.6 is 0 Å². The smallest absolute Gasteiger partial charge is 0.247 e. The summed E-state index contributed by atoms with van der Waals surface area (Å²) in [4.78, 5) is 25.8. The zero-order valence-electron chi connectivity index (χ0n) is 12.3. The summed E-state index contributed by atoms with van der Waals surface area (Å²) >= 11 is 0. The number of imide groups is 1. The van der Waals surface area contributed by atoms with Gasteiger partial charge in [0.15, 0.2) is 0 Å². The average Bonchev–Trinajstić information content (AvgIpc) is 2.69. The van der Waals surface area contributed by atoms with Gasteiger partial charge in [-0.3, -0.25) is 14.5 Å². The molecule has 2 amide bonds. The summed E-state index contributed by atoms with van der Waals surface area (Å²) in [7, 11) is -3.22. The second-order valence-electron chi connectivity index (χ2n) is 5.77. The van der Waals surface area contributed by atoms with Crippen LogP contribution in [0.15, 0.2) is 0 Å². The molecule has 2 rings (SSSR count). The average molecular weight is 317 g/mol. The molecule has 1 heterocycles. The number of nitrogens with zero attached hydrogens (tertiary/aromatic N) is 1. The summed E-state index contributed by atoms with van der Waals surface area (Å²) in [5.74, 6) is -0.272. The molecule has 0 bridgehead atoms. The molecule has 1 atom stereocenters. The third kappa shape index (κ3) is 4.49. The van der Waals surface area contributed by atoms with E-state index in [4.69, 9.17) is 0 Å². The number of rotatable bonds is 6. The second kappa shape index (κ2) is 6.85. The maximum atomic E-state index is 12.3. The Balaban J connectivity index is 1.83. The highest BCUT2D eigenvalue weighted by atomic mass is 32.2. The molecular formula is C13H23N3O4S. The number of likely N-dealkylation sites (tertiary alicyclic amines) is 1. The van der Waals surface area contributed by atoms with Crippen LogP contribution < -0.4 is 10.0 Å². The predicted molar refractivity (Wildman–Crippen MR) is 78.0 cm³/mol. The van der Waals surface area contributed by atoms with Gasteiger partial charge in [-0.15, -0.1) is 0 Å². The minimum atomic E-state index is -3.22. The van der Waals surface area contributed by atoms with Gasteiger partial charge < -0.3 is 5.32 Å². The Bertz CT molecular complexity index is 500. The van der Waals surface area contributed by atoms with Crippen molar-refractivity contribution in [1.29, 1.82) is 0 Å². The Morgan fingerprint density at radius 2 is 1.81 bits per heavy atom. The zero-order chi connectivity index (χ0) is 15.5. The predicted octanol–water partition coefficient (Wildman–Crippen LogP) is -0.415. The SMILES string of the molecule is CS(=O)(=O)NCCNC1CC(=O)N(C2CCCCC2)C1=O. The molecule has 1 aliphatic carbocycles. The first kappa shape index (κ1) is 16.4. The molecule has 8 heteroatoms. The van der Waals surface area contributed by atoms with Gasteiger partial charge in [-0.2, -0.15) is 0 Å². The van der Waals surface area contributed by atoms with Crippen LogP contribution in [0.5, 0.6) is 0 Å². The second-order valence-corrected chi connectivity index (χ2v) is 7.60. The fourth-order valence-corrected chi connectivity index (χ4v) is 3.49. The number of carbonyl (C=O) groups excluding carboxylic acids is 2. The summed E-state index contributed by atoms with van der Waals surface area (Å²) in [5, 5.41) is 2.96. The van der Waals surface area contributed by atoms with Crippen molar-refractivity contribution in [1.82, 2.24) is 14.9 Å². The molecule has 0 spiro atoms. The summed E-state index contributed by atoms with van der Waals surface area (Å²) in [5.41, 5.74) is 0.